The zero-order valence-corrected chi connectivity index (χ0v) is 10.8. The number of aromatic carboxylic acids is 1. The van der Waals surface area contributed by atoms with Crippen molar-refractivity contribution in [2.24, 2.45) is 5.92 Å². The number of thioether (sulfide) groups is 1. The molecule has 0 saturated carbocycles. The molecule has 1 heterocycles. The number of hydrogen-bond donors (Lipinski definition) is 2. The molecule has 1 rings (SSSR count). The number of aliphatic hydroxyl groups excluding tert-OH is 1. The maximum Gasteiger partial charge on any atom is 0.335 e. The fourth-order valence-electron chi connectivity index (χ4n) is 1.22. The summed E-state index contributed by atoms with van der Waals surface area (Å²) in [5, 5.41) is 18.6. The molecule has 2 N–H and O–H groups in total. The lowest BCUT2D eigenvalue weighted by molar-refractivity contribution is 0.0696. The van der Waals surface area contributed by atoms with Gasteiger partial charge in [-0.05, 0) is 24.5 Å². The lowest BCUT2D eigenvalue weighted by Gasteiger charge is -2.08. The van der Waals surface area contributed by atoms with Crippen LogP contribution in [0.4, 0.5) is 0 Å². The summed E-state index contributed by atoms with van der Waals surface area (Å²) in [7, 11) is 0. The molecule has 94 valence electrons. The van der Waals surface area contributed by atoms with Gasteiger partial charge in [0.2, 0.25) is 0 Å². The van der Waals surface area contributed by atoms with Gasteiger partial charge in [-0.2, -0.15) is 0 Å². The van der Waals surface area contributed by atoms with Crippen molar-refractivity contribution >= 4 is 17.7 Å². The van der Waals surface area contributed by atoms with Crippen molar-refractivity contribution in [2.45, 2.75) is 25.3 Å². The highest BCUT2D eigenvalue weighted by Crippen LogP contribution is 2.21. The molecule has 0 amide bonds. The van der Waals surface area contributed by atoms with Gasteiger partial charge in [0.25, 0.3) is 0 Å². The fourth-order valence-corrected chi connectivity index (χ4v) is 2.17. The number of aromatic nitrogens is 1. The number of pyridine rings is 1. The Hall–Kier alpha value is -1.07. The molecule has 0 aliphatic carbocycles. The van der Waals surface area contributed by atoms with E-state index in [4.69, 9.17) is 10.2 Å². The third-order valence-corrected chi connectivity index (χ3v) is 3.53. The second kappa shape index (κ2) is 6.61. The Morgan fingerprint density at radius 2 is 2.24 bits per heavy atom. The monoisotopic (exact) mass is 255 g/mol. The van der Waals surface area contributed by atoms with Crippen molar-refractivity contribution in [1.29, 1.82) is 0 Å². The molecule has 1 aromatic rings. The summed E-state index contributed by atoms with van der Waals surface area (Å²) in [6, 6.07) is 3.18. The van der Waals surface area contributed by atoms with E-state index in [1.54, 1.807) is 12.1 Å². The molecule has 4 nitrogen and oxygen atoms in total. The summed E-state index contributed by atoms with van der Waals surface area (Å²) >= 11 is 1.48. The largest absolute Gasteiger partial charge is 0.478 e. The molecule has 5 heteroatoms. The Morgan fingerprint density at radius 3 is 2.76 bits per heavy atom. The highest BCUT2D eigenvalue weighted by Gasteiger charge is 2.09. The smallest absolute Gasteiger partial charge is 0.335 e. The molecule has 1 atom stereocenters. The second-order valence-corrected chi connectivity index (χ2v) is 4.98. The maximum absolute atomic E-state index is 10.9. The van der Waals surface area contributed by atoms with Crippen LogP contribution in [0.15, 0.2) is 17.2 Å². The van der Waals surface area contributed by atoms with Crippen LogP contribution in [0, 0.1) is 5.92 Å². The summed E-state index contributed by atoms with van der Waals surface area (Å²) in [5.41, 5.74) is 1.06. The summed E-state index contributed by atoms with van der Waals surface area (Å²) in [6.45, 7) is 4.01. The minimum Gasteiger partial charge on any atom is -0.478 e. The first kappa shape index (κ1) is 14.0. The van der Waals surface area contributed by atoms with Gasteiger partial charge < -0.3 is 10.2 Å². The Bertz CT molecular complexity index is 395. The van der Waals surface area contributed by atoms with Crippen LogP contribution in [-0.4, -0.2) is 33.5 Å². The van der Waals surface area contributed by atoms with Gasteiger partial charge in [0.05, 0.1) is 10.6 Å². The van der Waals surface area contributed by atoms with E-state index in [1.807, 2.05) is 13.8 Å². The quantitative estimate of drug-likeness (QED) is 0.761. The molecule has 0 aliphatic heterocycles. The zero-order valence-electron chi connectivity index (χ0n) is 10.0. The normalized spacial score (nSPS) is 12.4. The second-order valence-electron chi connectivity index (χ2n) is 3.94. The Labute approximate surface area is 105 Å². The van der Waals surface area contributed by atoms with E-state index in [2.05, 4.69) is 4.98 Å². The van der Waals surface area contributed by atoms with Crippen LogP contribution in [0.2, 0.25) is 0 Å². The lowest BCUT2D eigenvalue weighted by Crippen LogP contribution is -2.05. The van der Waals surface area contributed by atoms with E-state index in [0.29, 0.717) is 11.4 Å². The molecule has 0 aromatic carbocycles. The van der Waals surface area contributed by atoms with Crippen LogP contribution in [0.25, 0.3) is 0 Å². The lowest BCUT2D eigenvalue weighted by atomic mass is 10.2. The molecular weight excluding hydrogens is 238 g/mol. The van der Waals surface area contributed by atoms with Gasteiger partial charge in [0, 0.05) is 18.1 Å². The predicted octanol–water partition coefficient (Wildman–Crippen LogP) is 2.06. The van der Waals surface area contributed by atoms with Gasteiger partial charge in [-0.25, -0.2) is 9.78 Å². The van der Waals surface area contributed by atoms with Crippen molar-refractivity contribution in [3.05, 3.63) is 23.4 Å². The molecule has 0 bridgehead atoms. The van der Waals surface area contributed by atoms with Gasteiger partial charge in [-0.1, -0.05) is 13.8 Å². The Balaban J connectivity index is 2.83. The Morgan fingerprint density at radius 1 is 1.53 bits per heavy atom. The van der Waals surface area contributed by atoms with E-state index < -0.39 is 5.97 Å². The first-order chi connectivity index (χ1) is 8.06. The fraction of sp³-hybridized carbons (Fsp3) is 0.500. The van der Waals surface area contributed by atoms with Crippen LogP contribution in [0.1, 0.15) is 29.9 Å². The van der Waals surface area contributed by atoms with E-state index in [0.717, 1.165) is 11.4 Å². The van der Waals surface area contributed by atoms with Gasteiger partial charge in [0.15, 0.2) is 0 Å². The van der Waals surface area contributed by atoms with E-state index >= 15 is 0 Å². The average molecular weight is 255 g/mol. The van der Waals surface area contributed by atoms with Gasteiger partial charge in [0.1, 0.15) is 0 Å². The zero-order chi connectivity index (χ0) is 12.8. The SMILES string of the molecule is CCc1cc(C(=O)O)cc(SCC(C)CO)n1. The predicted molar refractivity (Wildman–Crippen MR) is 67.5 cm³/mol. The Kier molecular flexibility index (Phi) is 5.44. The minimum absolute atomic E-state index is 0.131. The first-order valence-corrected chi connectivity index (χ1v) is 6.53. The van der Waals surface area contributed by atoms with Crippen molar-refractivity contribution < 1.29 is 15.0 Å². The van der Waals surface area contributed by atoms with Crippen molar-refractivity contribution in [3.8, 4) is 0 Å². The van der Waals surface area contributed by atoms with Crippen LogP contribution in [0.3, 0.4) is 0 Å². The summed E-state index contributed by atoms with van der Waals surface area (Å²) in [4.78, 5) is 15.3. The number of carboxylic acids is 1. The first-order valence-electron chi connectivity index (χ1n) is 5.54. The highest BCUT2D eigenvalue weighted by atomic mass is 32.2. The average Bonchev–Trinajstić information content (AvgIpc) is 2.35. The number of aliphatic hydroxyl groups is 1. The molecule has 17 heavy (non-hydrogen) atoms. The number of hydrogen-bond acceptors (Lipinski definition) is 4. The number of rotatable bonds is 6. The number of aryl methyl sites for hydroxylation is 1. The molecule has 0 fully saturated rings. The van der Waals surface area contributed by atoms with Crippen LogP contribution < -0.4 is 0 Å². The third kappa shape index (κ3) is 4.36. The number of carboxylic acid groups (broad SMARTS) is 1. The van der Waals surface area contributed by atoms with E-state index in [1.165, 1.54) is 11.8 Å². The standard InChI is InChI=1S/C12H17NO3S/c1-3-10-4-9(12(15)16)5-11(13-10)17-7-8(2)6-14/h4-5,8,14H,3,6-7H2,1-2H3,(H,15,16). The van der Waals surface area contributed by atoms with E-state index in [-0.39, 0.29) is 18.1 Å². The van der Waals surface area contributed by atoms with Gasteiger partial charge in [-0.15, -0.1) is 11.8 Å². The topological polar surface area (TPSA) is 70.4 Å². The number of carbonyl (C=O) groups is 1. The molecular formula is C12H17NO3S. The summed E-state index contributed by atoms with van der Waals surface area (Å²) < 4.78 is 0. The van der Waals surface area contributed by atoms with Crippen molar-refractivity contribution in [1.82, 2.24) is 4.98 Å². The summed E-state index contributed by atoms with van der Waals surface area (Å²) in [6.07, 6.45) is 0.713. The van der Waals surface area contributed by atoms with Gasteiger partial charge >= 0.3 is 5.97 Å². The van der Waals surface area contributed by atoms with Crippen LogP contribution in [0.5, 0.6) is 0 Å². The molecule has 0 saturated heterocycles. The molecule has 0 spiro atoms. The van der Waals surface area contributed by atoms with E-state index in [9.17, 15) is 4.79 Å². The van der Waals surface area contributed by atoms with Crippen molar-refractivity contribution in [3.63, 3.8) is 0 Å². The minimum atomic E-state index is -0.931. The summed E-state index contributed by atoms with van der Waals surface area (Å²) in [5.74, 6) is -0.0186. The van der Waals surface area contributed by atoms with Crippen LogP contribution in [-0.2, 0) is 6.42 Å². The molecule has 0 aliphatic rings. The van der Waals surface area contributed by atoms with Crippen molar-refractivity contribution in [2.75, 3.05) is 12.4 Å². The molecule has 1 unspecified atom stereocenters. The maximum atomic E-state index is 10.9. The molecule has 0 radical (unpaired) electrons. The number of nitrogens with zero attached hydrogens (tertiary/aromatic N) is 1. The highest BCUT2D eigenvalue weighted by molar-refractivity contribution is 7.99. The third-order valence-electron chi connectivity index (χ3n) is 2.29. The molecule has 1 aromatic heterocycles. The van der Waals surface area contributed by atoms with Gasteiger partial charge in [-0.3, -0.25) is 0 Å². The van der Waals surface area contributed by atoms with Crippen LogP contribution >= 0.6 is 11.8 Å².